The summed E-state index contributed by atoms with van der Waals surface area (Å²) in [5.41, 5.74) is 2.07. The number of rotatable bonds is 9. The van der Waals surface area contributed by atoms with Gasteiger partial charge < -0.3 is 10.2 Å². The van der Waals surface area contributed by atoms with Gasteiger partial charge in [-0.2, -0.15) is 0 Å². The van der Waals surface area contributed by atoms with E-state index in [1.165, 1.54) is 17.3 Å². The maximum Gasteiger partial charge on any atom is 0.271 e. The van der Waals surface area contributed by atoms with Gasteiger partial charge in [0.15, 0.2) is 9.84 Å². The van der Waals surface area contributed by atoms with Gasteiger partial charge in [-0.25, -0.2) is 8.42 Å². The topological polar surface area (TPSA) is 113 Å². The van der Waals surface area contributed by atoms with Crippen LogP contribution in [0.1, 0.15) is 28.8 Å². The van der Waals surface area contributed by atoms with Gasteiger partial charge in [0.05, 0.1) is 9.82 Å². The third-order valence-electron chi connectivity index (χ3n) is 5.72. The average molecular weight is 475 g/mol. The predicted octanol–water partition coefficient (Wildman–Crippen LogP) is 2.64. The van der Waals surface area contributed by atoms with Gasteiger partial charge in [0.25, 0.3) is 11.6 Å². The van der Waals surface area contributed by atoms with Crippen molar-refractivity contribution in [3.8, 4) is 0 Å². The van der Waals surface area contributed by atoms with Gasteiger partial charge in [0.1, 0.15) is 0 Å². The van der Waals surface area contributed by atoms with Crippen molar-refractivity contribution >= 4 is 27.1 Å². The smallest absolute Gasteiger partial charge is 0.271 e. The molecule has 0 saturated carbocycles. The van der Waals surface area contributed by atoms with Crippen LogP contribution in [0.25, 0.3) is 0 Å². The van der Waals surface area contributed by atoms with Crippen molar-refractivity contribution in [3.05, 3.63) is 63.7 Å². The Morgan fingerprint density at radius 3 is 2.45 bits per heavy atom. The molecule has 0 atom stereocenters. The molecule has 2 aromatic carbocycles. The van der Waals surface area contributed by atoms with Crippen molar-refractivity contribution in [1.29, 1.82) is 0 Å². The van der Waals surface area contributed by atoms with Crippen LogP contribution in [0.4, 0.5) is 11.4 Å². The maximum atomic E-state index is 12.4. The second-order valence-electron chi connectivity index (χ2n) is 8.38. The van der Waals surface area contributed by atoms with E-state index in [9.17, 15) is 23.3 Å². The summed E-state index contributed by atoms with van der Waals surface area (Å²) in [4.78, 5) is 27.4. The number of amides is 1. The van der Waals surface area contributed by atoms with Gasteiger partial charge in [-0.15, -0.1) is 0 Å². The van der Waals surface area contributed by atoms with E-state index in [4.69, 9.17) is 0 Å². The molecule has 1 fully saturated rings. The normalized spacial score (nSPS) is 14.8. The Kier molecular flexibility index (Phi) is 8.04. The number of aryl methyl sites for hydroxylation is 1. The molecule has 1 aliphatic heterocycles. The summed E-state index contributed by atoms with van der Waals surface area (Å²) < 4.78 is 23.6. The molecule has 0 bridgehead atoms. The molecule has 9 nitrogen and oxygen atoms in total. The number of hydrogen-bond acceptors (Lipinski definition) is 7. The lowest BCUT2D eigenvalue weighted by Crippen LogP contribution is -2.46. The highest BCUT2D eigenvalue weighted by Crippen LogP contribution is 2.21. The molecule has 33 heavy (non-hydrogen) atoms. The van der Waals surface area contributed by atoms with Crippen molar-refractivity contribution in [2.24, 2.45) is 0 Å². The van der Waals surface area contributed by atoms with Gasteiger partial charge >= 0.3 is 0 Å². The fraction of sp³-hybridized carbons (Fsp3) is 0.435. The van der Waals surface area contributed by atoms with E-state index in [0.717, 1.165) is 64.0 Å². The second kappa shape index (κ2) is 10.8. The molecule has 10 heteroatoms. The molecule has 1 saturated heterocycles. The fourth-order valence-corrected chi connectivity index (χ4v) is 4.53. The predicted molar refractivity (Wildman–Crippen MR) is 128 cm³/mol. The Balaban J connectivity index is 1.42. The van der Waals surface area contributed by atoms with Crippen LogP contribution in [0.2, 0.25) is 0 Å². The number of nitro benzene ring substituents is 1. The summed E-state index contributed by atoms with van der Waals surface area (Å²) in [7, 11) is -3.67. The molecule has 1 N–H and O–H groups in total. The van der Waals surface area contributed by atoms with E-state index in [-0.39, 0.29) is 10.5 Å². The molecule has 3 rings (SSSR count). The first-order valence-electron chi connectivity index (χ1n) is 11.0. The van der Waals surface area contributed by atoms with E-state index in [1.807, 2.05) is 0 Å². The summed E-state index contributed by atoms with van der Waals surface area (Å²) in [5, 5.41) is 13.8. The Bertz CT molecular complexity index is 1110. The second-order valence-corrected chi connectivity index (χ2v) is 10.4. The lowest BCUT2D eigenvalue weighted by Gasteiger charge is -2.36. The number of hydrogen-bond donors (Lipinski definition) is 1. The molecule has 0 spiro atoms. The summed E-state index contributed by atoms with van der Waals surface area (Å²) in [5.74, 6) is -0.518. The monoisotopic (exact) mass is 474 g/mol. The number of nitro groups is 1. The summed E-state index contributed by atoms with van der Waals surface area (Å²) in [6, 6.07) is 11.8. The third-order valence-corrected chi connectivity index (χ3v) is 6.81. The Morgan fingerprint density at radius 1 is 1.09 bits per heavy atom. The van der Waals surface area contributed by atoms with Gasteiger partial charge in [-0.3, -0.25) is 19.8 Å². The number of anilines is 1. The van der Waals surface area contributed by atoms with Crippen LogP contribution in [0.5, 0.6) is 0 Å². The highest BCUT2D eigenvalue weighted by Gasteiger charge is 2.19. The minimum atomic E-state index is -3.67. The first kappa shape index (κ1) is 24.7. The van der Waals surface area contributed by atoms with Crippen molar-refractivity contribution in [3.63, 3.8) is 0 Å². The number of piperazine rings is 1. The zero-order chi connectivity index (χ0) is 24.0. The molecule has 0 unspecified atom stereocenters. The zero-order valence-corrected chi connectivity index (χ0v) is 19.8. The molecule has 0 aliphatic carbocycles. The SMILES string of the molecule is Cc1cccc(N2CCN(CCCCNC(=O)c3cc([N+](=O)[O-])cc(S(C)(=O)=O)c3)CC2)c1. The van der Waals surface area contributed by atoms with E-state index >= 15 is 0 Å². The van der Waals surface area contributed by atoms with Crippen molar-refractivity contribution < 1.29 is 18.1 Å². The average Bonchev–Trinajstić information content (AvgIpc) is 2.78. The molecule has 2 aromatic rings. The molecular weight excluding hydrogens is 444 g/mol. The van der Waals surface area contributed by atoms with Crippen LogP contribution >= 0.6 is 0 Å². The largest absolute Gasteiger partial charge is 0.369 e. The summed E-state index contributed by atoms with van der Waals surface area (Å²) >= 11 is 0. The number of benzene rings is 2. The minimum absolute atomic E-state index is 0.0307. The van der Waals surface area contributed by atoms with Gasteiger partial charge in [-0.1, -0.05) is 12.1 Å². The fourth-order valence-electron chi connectivity index (χ4n) is 3.85. The number of unbranched alkanes of at least 4 members (excludes halogenated alkanes) is 1. The molecule has 1 heterocycles. The number of nitrogens with one attached hydrogen (secondary N) is 1. The van der Waals surface area contributed by atoms with Gasteiger partial charge in [0, 0.05) is 62.4 Å². The van der Waals surface area contributed by atoms with E-state index in [2.05, 4.69) is 46.3 Å². The zero-order valence-electron chi connectivity index (χ0n) is 19.0. The molecule has 0 aromatic heterocycles. The van der Waals surface area contributed by atoms with Crippen LogP contribution in [0, 0.1) is 17.0 Å². The summed E-state index contributed by atoms with van der Waals surface area (Å²) in [6.45, 7) is 7.39. The molecule has 178 valence electrons. The maximum absolute atomic E-state index is 12.4. The highest BCUT2D eigenvalue weighted by molar-refractivity contribution is 7.90. The lowest BCUT2D eigenvalue weighted by atomic mass is 10.1. The highest BCUT2D eigenvalue weighted by atomic mass is 32.2. The lowest BCUT2D eigenvalue weighted by molar-refractivity contribution is -0.385. The first-order valence-corrected chi connectivity index (χ1v) is 12.8. The number of carbonyl (C=O) groups excluding carboxylic acids is 1. The van der Waals surface area contributed by atoms with Crippen LogP contribution in [-0.2, 0) is 9.84 Å². The quantitative estimate of drug-likeness (QED) is 0.338. The Labute approximate surface area is 194 Å². The minimum Gasteiger partial charge on any atom is -0.369 e. The number of sulfone groups is 1. The Morgan fingerprint density at radius 2 is 1.82 bits per heavy atom. The van der Waals surface area contributed by atoms with E-state index in [0.29, 0.717) is 6.54 Å². The van der Waals surface area contributed by atoms with E-state index in [1.54, 1.807) is 0 Å². The summed E-state index contributed by atoms with van der Waals surface area (Å²) in [6.07, 6.45) is 2.63. The molecule has 0 radical (unpaired) electrons. The number of nitrogens with zero attached hydrogens (tertiary/aromatic N) is 3. The standard InChI is InChI=1S/C23H30N4O5S/c1-18-6-5-7-20(14-18)26-12-10-25(11-13-26)9-4-3-8-24-23(28)19-15-21(27(29)30)17-22(16-19)33(2,31)32/h5-7,14-17H,3-4,8-13H2,1-2H3,(H,24,28). The molecular formula is C23H30N4O5S. The Hall–Kier alpha value is -2.98. The molecule has 1 aliphatic rings. The molecule has 1 amide bonds. The first-order chi connectivity index (χ1) is 15.6. The number of non-ortho nitro benzene ring substituents is 1. The van der Waals surface area contributed by atoms with Crippen LogP contribution in [0.15, 0.2) is 47.4 Å². The van der Waals surface area contributed by atoms with Crippen LogP contribution in [0.3, 0.4) is 0 Å². The third kappa shape index (κ3) is 7.00. The van der Waals surface area contributed by atoms with Crippen LogP contribution in [-0.4, -0.2) is 69.7 Å². The van der Waals surface area contributed by atoms with E-state index < -0.39 is 26.4 Å². The van der Waals surface area contributed by atoms with Gasteiger partial charge in [-0.05, 0) is 50.1 Å². The van der Waals surface area contributed by atoms with Crippen molar-refractivity contribution in [1.82, 2.24) is 10.2 Å². The number of carbonyl (C=O) groups is 1. The van der Waals surface area contributed by atoms with Crippen molar-refractivity contribution in [2.45, 2.75) is 24.7 Å². The van der Waals surface area contributed by atoms with Crippen LogP contribution < -0.4 is 10.2 Å². The van der Waals surface area contributed by atoms with Crippen molar-refractivity contribution in [2.75, 3.05) is 50.4 Å². The van der Waals surface area contributed by atoms with Gasteiger partial charge in [0.2, 0.25) is 0 Å².